The number of rotatable bonds is 5. The highest BCUT2D eigenvalue weighted by atomic mass is 32.2. The van der Waals surface area contributed by atoms with Crippen molar-refractivity contribution in [2.45, 2.75) is 31.3 Å². The molecule has 0 unspecified atom stereocenters. The molecule has 0 bridgehead atoms. The molecule has 0 saturated carbocycles. The molecule has 2 aromatic heterocycles. The maximum atomic E-state index is 12.5. The minimum Gasteiger partial charge on any atom is -0.342 e. The summed E-state index contributed by atoms with van der Waals surface area (Å²) in [5.41, 5.74) is 2.44. The Labute approximate surface area is 175 Å². The molecule has 146 valence electrons. The number of hydrogen-bond donors (Lipinski definition) is 1. The van der Waals surface area contributed by atoms with E-state index in [1.807, 2.05) is 21.6 Å². The van der Waals surface area contributed by atoms with E-state index in [0.29, 0.717) is 19.5 Å². The van der Waals surface area contributed by atoms with E-state index in [0.717, 1.165) is 38.0 Å². The van der Waals surface area contributed by atoms with Crippen LogP contribution in [0, 0.1) is 3.95 Å². The normalized spacial score (nSPS) is 14.1. The third-order valence-electron chi connectivity index (χ3n) is 4.81. The molecule has 1 aliphatic rings. The fourth-order valence-electron chi connectivity index (χ4n) is 3.26. The van der Waals surface area contributed by atoms with Crippen molar-refractivity contribution in [3.63, 3.8) is 0 Å². The Balaban J connectivity index is 1.67. The molecule has 28 heavy (non-hydrogen) atoms. The highest BCUT2D eigenvalue weighted by molar-refractivity contribution is 7.99. The molecule has 1 aromatic carbocycles. The third-order valence-corrected chi connectivity index (χ3v) is 7.03. The van der Waals surface area contributed by atoms with Gasteiger partial charge in [0.05, 0.1) is 5.75 Å². The number of aromatic amines is 1. The summed E-state index contributed by atoms with van der Waals surface area (Å²) in [6.45, 7) is 3.74. The lowest BCUT2D eigenvalue weighted by Crippen LogP contribution is -2.29. The number of hydrogen-bond acceptors (Lipinski definition) is 6. The lowest BCUT2D eigenvalue weighted by molar-refractivity contribution is -0.127. The van der Waals surface area contributed by atoms with Gasteiger partial charge in [-0.25, -0.2) is 4.98 Å². The van der Waals surface area contributed by atoms with Gasteiger partial charge in [0.25, 0.3) is 5.56 Å². The van der Waals surface area contributed by atoms with Gasteiger partial charge < -0.3 is 9.88 Å². The maximum Gasteiger partial charge on any atom is 0.271 e. The van der Waals surface area contributed by atoms with Gasteiger partial charge in [0.15, 0.2) is 14.8 Å². The second kappa shape index (κ2) is 8.18. The van der Waals surface area contributed by atoms with Crippen molar-refractivity contribution in [1.82, 2.24) is 19.4 Å². The molecule has 1 saturated heterocycles. The predicted molar refractivity (Wildman–Crippen MR) is 116 cm³/mol. The van der Waals surface area contributed by atoms with Crippen molar-refractivity contribution >= 4 is 51.6 Å². The lowest BCUT2D eigenvalue weighted by atomic mass is 10.1. The molecule has 6 nitrogen and oxygen atoms in total. The van der Waals surface area contributed by atoms with Crippen LogP contribution in [0.1, 0.15) is 25.3 Å². The SMILES string of the molecule is CCc1ccc(-n2c(=S)sc3c(=O)[nH]c(SCC(=O)N4CCCC4)nc32)cc1. The number of carbonyl (C=O) groups is 1. The average molecular weight is 433 g/mol. The number of fused-ring (bicyclic) bond motifs is 1. The van der Waals surface area contributed by atoms with Gasteiger partial charge in [-0.15, -0.1) is 0 Å². The molecule has 0 radical (unpaired) electrons. The van der Waals surface area contributed by atoms with Crippen LogP contribution in [0.5, 0.6) is 0 Å². The zero-order chi connectivity index (χ0) is 19.7. The van der Waals surface area contributed by atoms with E-state index in [-0.39, 0.29) is 17.2 Å². The molecule has 1 amide bonds. The van der Waals surface area contributed by atoms with Crippen molar-refractivity contribution in [2.75, 3.05) is 18.8 Å². The second-order valence-electron chi connectivity index (χ2n) is 6.62. The number of amides is 1. The zero-order valence-corrected chi connectivity index (χ0v) is 17.9. The molecule has 4 rings (SSSR count). The van der Waals surface area contributed by atoms with Crippen LogP contribution in [0.4, 0.5) is 0 Å². The minimum atomic E-state index is -0.221. The van der Waals surface area contributed by atoms with Gasteiger partial charge in [-0.05, 0) is 49.2 Å². The molecule has 1 N–H and O–H groups in total. The molecule has 9 heteroatoms. The van der Waals surface area contributed by atoms with Crippen LogP contribution >= 0.6 is 35.3 Å². The Bertz CT molecular complexity index is 1120. The Morgan fingerprint density at radius 2 is 2.00 bits per heavy atom. The van der Waals surface area contributed by atoms with Gasteiger partial charge in [-0.2, -0.15) is 0 Å². The number of H-pyrrole nitrogens is 1. The molecule has 0 atom stereocenters. The quantitative estimate of drug-likeness (QED) is 0.377. The van der Waals surface area contributed by atoms with E-state index >= 15 is 0 Å². The molecule has 0 spiro atoms. The van der Waals surface area contributed by atoms with E-state index in [2.05, 4.69) is 29.0 Å². The van der Waals surface area contributed by atoms with Gasteiger partial charge in [0.2, 0.25) is 5.91 Å². The average Bonchev–Trinajstić information content (AvgIpc) is 3.34. The zero-order valence-electron chi connectivity index (χ0n) is 15.4. The summed E-state index contributed by atoms with van der Waals surface area (Å²) in [6.07, 6.45) is 3.08. The van der Waals surface area contributed by atoms with E-state index in [4.69, 9.17) is 12.2 Å². The first-order valence-electron chi connectivity index (χ1n) is 9.22. The third kappa shape index (κ3) is 3.78. The van der Waals surface area contributed by atoms with Gasteiger partial charge in [0.1, 0.15) is 4.70 Å². The first kappa shape index (κ1) is 19.4. The lowest BCUT2D eigenvalue weighted by Gasteiger charge is -2.14. The first-order chi connectivity index (χ1) is 13.6. The molecular weight excluding hydrogens is 412 g/mol. The number of carbonyl (C=O) groups excluding carboxylic acids is 1. The van der Waals surface area contributed by atoms with Crippen LogP contribution in [-0.4, -0.2) is 44.2 Å². The summed E-state index contributed by atoms with van der Waals surface area (Å²) < 4.78 is 2.91. The molecule has 1 fully saturated rings. The van der Waals surface area contributed by atoms with Gasteiger partial charge in [0, 0.05) is 18.8 Å². The second-order valence-corrected chi connectivity index (χ2v) is 9.23. The molecule has 3 heterocycles. The fourth-order valence-corrected chi connectivity index (χ4v) is 5.29. The van der Waals surface area contributed by atoms with Crippen LogP contribution < -0.4 is 5.56 Å². The smallest absolute Gasteiger partial charge is 0.271 e. The Morgan fingerprint density at radius 3 is 2.68 bits per heavy atom. The number of nitrogens with zero attached hydrogens (tertiary/aromatic N) is 3. The number of thioether (sulfide) groups is 1. The predicted octanol–water partition coefficient (Wildman–Crippen LogP) is 3.78. The number of likely N-dealkylation sites (tertiary alicyclic amines) is 1. The van der Waals surface area contributed by atoms with Crippen LogP contribution in [0.25, 0.3) is 16.0 Å². The summed E-state index contributed by atoms with van der Waals surface area (Å²) >= 11 is 8.01. The number of benzene rings is 1. The van der Waals surface area contributed by atoms with E-state index in [1.54, 1.807) is 0 Å². The number of aryl methyl sites for hydroxylation is 1. The number of aromatic nitrogens is 3. The summed E-state index contributed by atoms with van der Waals surface area (Å²) in [7, 11) is 0. The van der Waals surface area contributed by atoms with Crippen molar-refractivity contribution in [3.8, 4) is 5.69 Å². The van der Waals surface area contributed by atoms with Gasteiger partial charge in [-0.1, -0.05) is 42.2 Å². The maximum absolute atomic E-state index is 12.5. The molecule has 1 aliphatic heterocycles. The van der Waals surface area contributed by atoms with E-state index in [1.165, 1.54) is 28.7 Å². The summed E-state index contributed by atoms with van der Waals surface area (Å²) in [6, 6.07) is 8.09. The molecular formula is C19H20N4O2S3. The van der Waals surface area contributed by atoms with Crippen LogP contribution in [0.15, 0.2) is 34.2 Å². The molecule has 3 aromatic rings. The summed E-state index contributed by atoms with van der Waals surface area (Å²) in [5, 5.41) is 0.441. The topological polar surface area (TPSA) is 71.0 Å². The molecule has 0 aliphatic carbocycles. The van der Waals surface area contributed by atoms with Crippen LogP contribution in [-0.2, 0) is 11.2 Å². The van der Waals surface area contributed by atoms with Gasteiger partial charge >= 0.3 is 0 Å². The van der Waals surface area contributed by atoms with E-state index in [9.17, 15) is 9.59 Å². The highest BCUT2D eigenvalue weighted by Gasteiger charge is 2.19. The first-order valence-corrected chi connectivity index (χ1v) is 11.4. The van der Waals surface area contributed by atoms with Crippen molar-refractivity contribution in [1.29, 1.82) is 0 Å². The van der Waals surface area contributed by atoms with E-state index < -0.39 is 0 Å². The Hall–Kier alpha value is -1.97. The van der Waals surface area contributed by atoms with Crippen molar-refractivity contribution in [3.05, 3.63) is 44.1 Å². The van der Waals surface area contributed by atoms with Gasteiger partial charge in [-0.3, -0.25) is 14.2 Å². The Kier molecular flexibility index (Phi) is 5.65. The fraction of sp³-hybridized carbons (Fsp3) is 0.368. The monoisotopic (exact) mass is 432 g/mol. The Morgan fingerprint density at radius 1 is 1.29 bits per heavy atom. The number of thiazole rings is 1. The summed E-state index contributed by atoms with van der Waals surface area (Å²) in [5.74, 6) is 0.354. The van der Waals surface area contributed by atoms with Crippen molar-refractivity contribution in [2.24, 2.45) is 0 Å². The van der Waals surface area contributed by atoms with Crippen LogP contribution in [0.2, 0.25) is 0 Å². The standard InChI is InChI=1S/C19H20N4O2S3/c1-2-12-5-7-13(8-6-12)23-16-15(28-19(23)26)17(25)21-18(20-16)27-11-14(24)22-9-3-4-10-22/h5-8H,2-4,9-11H2,1H3,(H,20,21,25). The largest absolute Gasteiger partial charge is 0.342 e. The summed E-state index contributed by atoms with van der Waals surface area (Å²) in [4.78, 5) is 34.1. The van der Waals surface area contributed by atoms with Crippen molar-refractivity contribution < 1.29 is 4.79 Å². The highest BCUT2D eigenvalue weighted by Crippen LogP contribution is 2.25. The van der Waals surface area contributed by atoms with Crippen LogP contribution in [0.3, 0.4) is 0 Å². The minimum absolute atomic E-state index is 0.0857. The number of nitrogens with one attached hydrogen (secondary N) is 1.